The fourth-order valence-electron chi connectivity index (χ4n) is 2.11. The second kappa shape index (κ2) is 6.74. The quantitative estimate of drug-likeness (QED) is 0.730. The number of hydrogen-bond donors (Lipinski definition) is 1. The molecule has 0 aliphatic rings. The van der Waals surface area contributed by atoms with Gasteiger partial charge in [-0.2, -0.15) is 4.98 Å². The van der Waals surface area contributed by atoms with E-state index in [0.29, 0.717) is 18.0 Å². The molecule has 2 aromatic carbocycles. The molecule has 3 rings (SSSR count). The number of carbonyl (C=O) groups excluding carboxylic acids is 1. The van der Waals surface area contributed by atoms with Gasteiger partial charge in [0.1, 0.15) is 0 Å². The zero-order valence-electron chi connectivity index (χ0n) is 12.5. The summed E-state index contributed by atoms with van der Waals surface area (Å²) in [6.07, 6.45) is 1.37. The van der Waals surface area contributed by atoms with Gasteiger partial charge < -0.3 is 14.6 Å². The van der Waals surface area contributed by atoms with Crippen molar-refractivity contribution in [2.24, 2.45) is 0 Å². The highest BCUT2D eigenvalue weighted by Gasteiger charge is 2.05. The van der Waals surface area contributed by atoms with Gasteiger partial charge in [-0.25, -0.2) is 4.79 Å². The van der Waals surface area contributed by atoms with Crippen LogP contribution in [-0.2, 0) is 11.3 Å². The minimum absolute atomic E-state index is 0.332. The molecule has 0 unspecified atom stereocenters. The Kier molecular flexibility index (Phi) is 4.33. The monoisotopic (exact) mass is 309 g/mol. The number of benzene rings is 2. The molecule has 0 atom stereocenters. The first-order valence-corrected chi connectivity index (χ1v) is 7.04. The number of nitrogens with zero attached hydrogens (tertiary/aromatic N) is 2. The number of methoxy groups -OCH3 is 1. The second-order valence-corrected chi connectivity index (χ2v) is 4.87. The number of aromatic nitrogens is 2. The van der Waals surface area contributed by atoms with E-state index in [0.717, 1.165) is 16.8 Å². The Morgan fingerprint density at radius 2 is 1.87 bits per heavy atom. The van der Waals surface area contributed by atoms with Crippen LogP contribution in [0.3, 0.4) is 0 Å². The third-order valence-electron chi connectivity index (χ3n) is 3.36. The molecule has 1 aromatic heterocycles. The first-order valence-electron chi connectivity index (χ1n) is 7.04. The number of nitrogens with one attached hydrogen (secondary N) is 1. The molecule has 116 valence electrons. The molecule has 0 saturated heterocycles. The summed E-state index contributed by atoms with van der Waals surface area (Å²) in [5.74, 6) is 0.163. The Bertz CT molecular complexity index is 766. The SMILES string of the molecule is COC(=O)c1ccc(CNc2ccc(-c3ncno3)cc2)cc1. The molecular weight excluding hydrogens is 294 g/mol. The molecule has 1 N–H and O–H groups in total. The maximum atomic E-state index is 11.4. The molecule has 0 aliphatic heterocycles. The van der Waals surface area contributed by atoms with Crippen LogP contribution in [0.1, 0.15) is 15.9 Å². The molecule has 6 heteroatoms. The van der Waals surface area contributed by atoms with E-state index in [2.05, 4.69) is 20.2 Å². The van der Waals surface area contributed by atoms with Crippen LogP contribution in [0.5, 0.6) is 0 Å². The van der Waals surface area contributed by atoms with E-state index in [1.807, 2.05) is 36.4 Å². The average Bonchev–Trinajstić information content (AvgIpc) is 3.15. The summed E-state index contributed by atoms with van der Waals surface area (Å²) in [5.41, 5.74) is 3.46. The van der Waals surface area contributed by atoms with E-state index in [-0.39, 0.29) is 5.97 Å². The third kappa shape index (κ3) is 3.55. The minimum Gasteiger partial charge on any atom is -0.465 e. The lowest BCUT2D eigenvalue weighted by atomic mass is 10.1. The zero-order chi connectivity index (χ0) is 16.1. The van der Waals surface area contributed by atoms with Gasteiger partial charge in [0.2, 0.25) is 0 Å². The van der Waals surface area contributed by atoms with E-state index in [1.54, 1.807) is 12.1 Å². The van der Waals surface area contributed by atoms with Crippen LogP contribution in [0.25, 0.3) is 11.5 Å². The maximum Gasteiger partial charge on any atom is 0.337 e. The Morgan fingerprint density at radius 1 is 1.13 bits per heavy atom. The van der Waals surface area contributed by atoms with Gasteiger partial charge in [0.05, 0.1) is 12.7 Å². The Morgan fingerprint density at radius 3 is 2.48 bits per heavy atom. The number of carbonyl (C=O) groups is 1. The van der Waals surface area contributed by atoms with Crippen molar-refractivity contribution in [3.63, 3.8) is 0 Å². The van der Waals surface area contributed by atoms with Crippen molar-refractivity contribution in [3.8, 4) is 11.5 Å². The molecular formula is C17H15N3O3. The Balaban J connectivity index is 1.61. The molecule has 6 nitrogen and oxygen atoms in total. The lowest BCUT2D eigenvalue weighted by Gasteiger charge is -2.07. The summed E-state index contributed by atoms with van der Waals surface area (Å²) in [5, 5.41) is 6.90. The van der Waals surface area contributed by atoms with Gasteiger partial charge in [-0.1, -0.05) is 17.3 Å². The number of hydrogen-bond acceptors (Lipinski definition) is 6. The van der Waals surface area contributed by atoms with Gasteiger partial charge in [0.25, 0.3) is 5.89 Å². The zero-order valence-corrected chi connectivity index (χ0v) is 12.5. The first-order chi connectivity index (χ1) is 11.3. The van der Waals surface area contributed by atoms with Crippen LogP contribution >= 0.6 is 0 Å². The molecule has 0 bridgehead atoms. The molecule has 0 radical (unpaired) electrons. The van der Waals surface area contributed by atoms with Crippen LogP contribution in [0.2, 0.25) is 0 Å². The summed E-state index contributed by atoms with van der Waals surface area (Å²) < 4.78 is 9.68. The number of ether oxygens (including phenoxy) is 1. The first kappa shape index (κ1) is 14.8. The van der Waals surface area contributed by atoms with Crippen molar-refractivity contribution in [1.29, 1.82) is 0 Å². The van der Waals surface area contributed by atoms with Gasteiger partial charge >= 0.3 is 5.97 Å². The molecule has 23 heavy (non-hydrogen) atoms. The van der Waals surface area contributed by atoms with Crippen molar-refractivity contribution in [2.45, 2.75) is 6.54 Å². The van der Waals surface area contributed by atoms with Crippen molar-refractivity contribution < 1.29 is 14.1 Å². The van der Waals surface area contributed by atoms with Gasteiger partial charge in [-0.15, -0.1) is 0 Å². The van der Waals surface area contributed by atoms with Gasteiger partial charge in [-0.3, -0.25) is 0 Å². The van der Waals surface area contributed by atoms with Crippen LogP contribution in [0.4, 0.5) is 5.69 Å². The lowest BCUT2D eigenvalue weighted by Crippen LogP contribution is -2.03. The highest BCUT2D eigenvalue weighted by molar-refractivity contribution is 5.89. The molecule has 1 heterocycles. The Labute approximate surface area is 133 Å². The van der Waals surface area contributed by atoms with E-state index in [1.165, 1.54) is 13.4 Å². The molecule has 0 amide bonds. The normalized spacial score (nSPS) is 10.3. The smallest absolute Gasteiger partial charge is 0.337 e. The van der Waals surface area contributed by atoms with Crippen LogP contribution < -0.4 is 5.32 Å². The third-order valence-corrected chi connectivity index (χ3v) is 3.36. The Hall–Kier alpha value is -3.15. The number of anilines is 1. The summed E-state index contributed by atoms with van der Waals surface area (Å²) in [4.78, 5) is 15.4. The van der Waals surface area contributed by atoms with Crippen molar-refractivity contribution in [2.75, 3.05) is 12.4 Å². The molecule has 0 fully saturated rings. The van der Waals surface area contributed by atoms with Crippen LogP contribution in [-0.4, -0.2) is 23.2 Å². The van der Waals surface area contributed by atoms with E-state index in [4.69, 9.17) is 4.52 Å². The predicted octanol–water partition coefficient (Wildman–Crippen LogP) is 3.14. The number of rotatable bonds is 5. The molecule has 0 spiro atoms. The van der Waals surface area contributed by atoms with E-state index >= 15 is 0 Å². The minimum atomic E-state index is -0.332. The van der Waals surface area contributed by atoms with Crippen molar-refractivity contribution in [3.05, 3.63) is 66.0 Å². The van der Waals surface area contributed by atoms with Crippen LogP contribution in [0.15, 0.2) is 59.4 Å². The highest BCUT2D eigenvalue weighted by atomic mass is 16.5. The molecule has 0 aliphatic carbocycles. The second-order valence-electron chi connectivity index (χ2n) is 4.87. The number of esters is 1. The largest absolute Gasteiger partial charge is 0.465 e. The van der Waals surface area contributed by atoms with E-state index in [9.17, 15) is 4.79 Å². The van der Waals surface area contributed by atoms with Crippen molar-refractivity contribution in [1.82, 2.24) is 10.1 Å². The highest BCUT2D eigenvalue weighted by Crippen LogP contribution is 2.19. The van der Waals surface area contributed by atoms with Crippen LogP contribution in [0, 0.1) is 0 Å². The van der Waals surface area contributed by atoms with Crippen molar-refractivity contribution >= 4 is 11.7 Å². The van der Waals surface area contributed by atoms with Gasteiger partial charge in [-0.05, 0) is 42.0 Å². The fraction of sp³-hybridized carbons (Fsp3) is 0.118. The maximum absolute atomic E-state index is 11.4. The molecule has 3 aromatic rings. The van der Waals surface area contributed by atoms with Gasteiger partial charge in [0, 0.05) is 17.8 Å². The van der Waals surface area contributed by atoms with E-state index < -0.39 is 0 Å². The summed E-state index contributed by atoms with van der Waals surface area (Å²) in [6, 6.07) is 15.0. The van der Waals surface area contributed by atoms with Gasteiger partial charge in [0.15, 0.2) is 6.33 Å². The lowest BCUT2D eigenvalue weighted by molar-refractivity contribution is 0.0600. The average molecular weight is 309 g/mol. The summed E-state index contributed by atoms with van der Waals surface area (Å²) in [6.45, 7) is 0.654. The standard InChI is InChI=1S/C17H15N3O3/c1-22-17(21)14-4-2-12(3-5-14)10-18-15-8-6-13(7-9-15)16-19-11-20-23-16/h2-9,11,18H,10H2,1H3. The fourth-order valence-corrected chi connectivity index (χ4v) is 2.11. The molecule has 0 saturated carbocycles. The topological polar surface area (TPSA) is 77.2 Å². The predicted molar refractivity (Wildman–Crippen MR) is 84.8 cm³/mol. The summed E-state index contributed by atoms with van der Waals surface area (Å²) >= 11 is 0. The summed E-state index contributed by atoms with van der Waals surface area (Å²) in [7, 11) is 1.37.